The average Bonchev–Trinajstić information content (AvgIpc) is 3.08. The Morgan fingerprint density at radius 1 is 1.22 bits per heavy atom. The number of hydrogen-bond donors (Lipinski definition) is 0. The molecule has 3 heterocycles. The third-order valence-corrected chi connectivity index (χ3v) is 6.80. The van der Waals surface area contributed by atoms with E-state index >= 15 is 0 Å². The summed E-state index contributed by atoms with van der Waals surface area (Å²) in [6, 6.07) is 8.42. The Kier molecular flexibility index (Phi) is 5.48. The molecule has 1 fully saturated rings. The van der Waals surface area contributed by atoms with Crippen LogP contribution in [0.15, 0.2) is 38.9 Å². The number of aryl methyl sites for hydroxylation is 1. The number of aromatic nitrogens is 2. The van der Waals surface area contributed by atoms with Gasteiger partial charge in [-0.3, -0.25) is 9.36 Å². The fourth-order valence-corrected chi connectivity index (χ4v) is 5.14. The fourth-order valence-electron chi connectivity index (χ4n) is 3.92. The highest BCUT2D eigenvalue weighted by Crippen LogP contribution is 2.33. The van der Waals surface area contributed by atoms with E-state index in [1.165, 1.54) is 0 Å². The molecular weight excluding hydrogens is 422 g/mol. The van der Waals surface area contributed by atoms with Crippen LogP contribution in [0.5, 0.6) is 0 Å². The molecule has 0 aliphatic carbocycles. The summed E-state index contributed by atoms with van der Waals surface area (Å²) in [6.45, 7) is 4.21. The standard InChI is InChI=1S/C21H24BrN3OS/c1-3-4-18-23-20-19(17(13-27-20)14-5-7-15(22)8-6-14)21(26)25(18)16-9-11-24(2)12-10-16/h5-8,13,16H,3-4,9-12H2,1-2H3. The van der Waals surface area contributed by atoms with E-state index in [0.29, 0.717) is 0 Å². The van der Waals surface area contributed by atoms with Crippen LogP contribution in [0, 0.1) is 0 Å². The van der Waals surface area contributed by atoms with Crippen molar-refractivity contribution in [2.24, 2.45) is 0 Å². The molecule has 4 nitrogen and oxygen atoms in total. The molecule has 4 rings (SSSR count). The third kappa shape index (κ3) is 3.62. The molecule has 6 heteroatoms. The maximum atomic E-state index is 13.6. The number of rotatable bonds is 4. The first-order valence-electron chi connectivity index (χ1n) is 9.55. The maximum Gasteiger partial charge on any atom is 0.263 e. The Hall–Kier alpha value is -1.50. The van der Waals surface area contributed by atoms with E-state index in [-0.39, 0.29) is 11.6 Å². The van der Waals surface area contributed by atoms with Gasteiger partial charge in [-0.1, -0.05) is 35.0 Å². The Morgan fingerprint density at radius 3 is 2.59 bits per heavy atom. The Bertz CT molecular complexity index is 1000. The normalized spacial score (nSPS) is 16.3. The Morgan fingerprint density at radius 2 is 1.93 bits per heavy atom. The zero-order valence-corrected chi connectivity index (χ0v) is 18.1. The number of likely N-dealkylation sites (tertiary alicyclic amines) is 1. The lowest BCUT2D eigenvalue weighted by Crippen LogP contribution is -2.37. The number of fused-ring (bicyclic) bond motifs is 1. The van der Waals surface area contributed by atoms with Gasteiger partial charge in [0.05, 0.1) is 5.39 Å². The number of piperidine rings is 1. The molecule has 0 spiro atoms. The van der Waals surface area contributed by atoms with E-state index in [0.717, 1.165) is 70.4 Å². The molecular formula is C21H24BrN3OS. The molecule has 142 valence electrons. The van der Waals surface area contributed by atoms with Crippen LogP contribution in [0.4, 0.5) is 0 Å². The van der Waals surface area contributed by atoms with Crippen molar-refractivity contribution in [3.8, 4) is 11.1 Å². The highest BCUT2D eigenvalue weighted by atomic mass is 79.9. The van der Waals surface area contributed by atoms with Crippen molar-refractivity contribution in [3.63, 3.8) is 0 Å². The van der Waals surface area contributed by atoms with E-state index in [9.17, 15) is 4.79 Å². The first kappa shape index (κ1) is 18.8. The van der Waals surface area contributed by atoms with Crippen molar-refractivity contribution in [3.05, 3.63) is 50.3 Å². The molecule has 0 radical (unpaired) electrons. The van der Waals surface area contributed by atoms with Crippen LogP contribution in [0.3, 0.4) is 0 Å². The van der Waals surface area contributed by atoms with Crippen molar-refractivity contribution in [1.82, 2.24) is 14.5 Å². The molecule has 0 atom stereocenters. The van der Waals surface area contributed by atoms with Crippen LogP contribution >= 0.6 is 27.3 Å². The van der Waals surface area contributed by atoms with E-state index in [1.807, 2.05) is 16.7 Å². The minimum absolute atomic E-state index is 0.136. The fraction of sp³-hybridized carbons (Fsp3) is 0.429. The molecule has 1 aliphatic rings. The molecule has 2 aromatic heterocycles. The molecule has 1 saturated heterocycles. The quantitative estimate of drug-likeness (QED) is 0.559. The molecule has 0 saturated carbocycles. The summed E-state index contributed by atoms with van der Waals surface area (Å²) in [6.07, 6.45) is 3.87. The first-order valence-corrected chi connectivity index (χ1v) is 11.2. The van der Waals surface area contributed by atoms with Gasteiger partial charge in [0.1, 0.15) is 10.7 Å². The van der Waals surface area contributed by atoms with Gasteiger partial charge < -0.3 is 4.90 Å². The number of hydrogen-bond acceptors (Lipinski definition) is 4. The van der Waals surface area contributed by atoms with Crippen molar-refractivity contribution in [1.29, 1.82) is 0 Å². The number of thiophene rings is 1. The van der Waals surface area contributed by atoms with Crippen molar-refractivity contribution in [2.45, 2.75) is 38.6 Å². The van der Waals surface area contributed by atoms with Gasteiger partial charge in [-0.25, -0.2) is 4.98 Å². The van der Waals surface area contributed by atoms with Gasteiger partial charge in [-0.05, 0) is 57.1 Å². The van der Waals surface area contributed by atoms with Crippen molar-refractivity contribution < 1.29 is 0 Å². The van der Waals surface area contributed by atoms with Crippen LogP contribution in [-0.4, -0.2) is 34.6 Å². The molecule has 0 unspecified atom stereocenters. The second-order valence-electron chi connectivity index (χ2n) is 7.32. The average molecular weight is 446 g/mol. The molecule has 0 amide bonds. The number of halogens is 1. The van der Waals surface area contributed by atoms with Gasteiger partial charge >= 0.3 is 0 Å². The summed E-state index contributed by atoms with van der Waals surface area (Å²) in [5.74, 6) is 0.953. The summed E-state index contributed by atoms with van der Waals surface area (Å²) >= 11 is 5.07. The Balaban J connectivity index is 1.88. The van der Waals surface area contributed by atoms with Crippen LogP contribution < -0.4 is 5.56 Å². The van der Waals surface area contributed by atoms with Crippen molar-refractivity contribution >= 4 is 37.5 Å². The molecule has 3 aromatic rings. The van der Waals surface area contributed by atoms with Crippen LogP contribution in [0.25, 0.3) is 21.3 Å². The van der Waals surface area contributed by atoms with Crippen molar-refractivity contribution in [2.75, 3.05) is 20.1 Å². The summed E-state index contributed by atoms with van der Waals surface area (Å²) in [7, 11) is 2.15. The highest BCUT2D eigenvalue weighted by molar-refractivity contribution is 9.10. The van der Waals surface area contributed by atoms with E-state index in [4.69, 9.17) is 4.98 Å². The van der Waals surface area contributed by atoms with Gasteiger partial charge in [0, 0.05) is 27.9 Å². The van der Waals surface area contributed by atoms with Gasteiger partial charge in [0.25, 0.3) is 5.56 Å². The smallest absolute Gasteiger partial charge is 0.263 e. The summed E-state index contributed by atoms with van der Waals surface area (Å²) in [5.41, 5.74) is 2.21. The summed E-state index contributed by atoms with van der Waals surface area (Å²) < 4.78 is 3.06. The van der Waals surface area contributed by atoms with Crippen LogP contribution in [0.2, 0.25) is 0 Å². The maximum absolute atomic E-state index is 13.6. The number of benzene rings is 1. The van der Waals surface area contributed by atoms with E-state index < -0.39 is 0 Å². The van der Waals surface area contributed by atoms with Gasteiger partial charge in [0.15, 0.2) is 0 Å². The van der Waals surface area contributed by atoms with Crippen LogP contribution in [-0.2, 0) is 6.42 Å². The Labute approximate surface area is 172 Å². The SMILES string of the molecule is CCCc1nc2scc(-c3ccc(Br)cc3)c2c(=O)n1C1CCN(C)CC1. The predicted molar refractivity (Wildman–Crippen MR) is 117 cm³/mol. The van der Waals surface area contributed by atoms with E-state index in [1.54, 1.807) is 11.3 Å². The highest BCUT2D eigenvalue weighted by Gasteiger charge is 2.24. The molecule has 0 N–H and O–H groups in total. The molecule has 27 heavy (non-hydrogen) atoms. The first-order chi connectivity index (χ1) is 13.1. The lowest BCUT2D eigenvalue weighted by atomic mass is 10.0. The molecule has 0 bridgehead atoms. The molecule has 1 aliphatic heterocycles. The van der Waals surface area contributed by atoms with Gasteiger partial charge in [-0.2, -0.15) is 0 Å². The van der Waals surface area contributed by atoms with Gasteiger partial charge in [0.2, 0.25) is 0 Å². The van der Waals surface area contributed by atoms with Crippen LogP contribution in [0.1, 0.15) is 38.1 Å². The monoisotopic (exact) mass is 445 g/mol. The summed E-state index contributed by atoms with van der Waals surface area (Å²) in [4.78, 5) is 21.8. The zero-order valence-electron chi connectivity index (χ0n) is 15.7. The molecule has 1 aromatic carbocycles. The largest absolute Gasteiger partial charge is 0.306 e. The minimum Gasteiger partial charge on any atom is -0.306 e. The van der Waals surface area contributed by atoms with Gasteiger partial charge in [-0.15, -0.1) is 11.3 Å². The number of nitrogens with zero attached hydrogens (tertiary/aromatic N) is 3. The lowest BCUT2D eigenvalue weighted by molar-refractivity contribution is 0.215. The second kappa shape index (κ2) is 7.86. The zero-order chi connectivity index (χ0) is 19.0. The van der Waals surface area contributed by atoms with E-state index in [2.05, 4.69) is 52.3 Å². The second-order valence-corrected chi connectivity index (χ2v) is 9.10. The lowest BCUT2D eigenvalue weighted by Gasteiger charge is -2.31. The minimum atomic E-state index is 0.136. The third-order valence-electron chi connectivity index (χ3n) is 5.40. The topological polar surface area (TPSA) is 38.1 Å². The predicted octanol–water partition coefficient (Wildman–Crippen LogP) is 5.11. The summed E-state index contributed by atoms with van der Waals surface area (Å²) in [5, 5.41) is 2.86.